The van der Waals surface area contributed by atoms with Gasteiger partial charge in [0.15, 0.2) is 5.82 Å². The van der Waals surface area contributed by atoms with E-state index in [0.717, 1.165) is 12.8 Å². The van der Waals surface area contributed by atoms with Gasteiger partial charge in [-0.3, -0.25) is 5.32 Å². The number of carbonyl (C=O) groups excluding carboxylic acids is 1. The Kier molecular flexibility index (Phi) is 4.98. The Labute approximate surface area is 145 Å². The third-order valence-corrected chi connectivity index (χ3v) is 4.46. The van der Waals surface area contributed by atoms with Gasteiger partial charge in [0.2, 0.25) is 0 Å². The first kappa shape index (κ1) is 17.3. The topological polar surface area (TPSA) is 83.3 Å². The number of aromatic nitrogens is 3. The van der Waals surface area contributed by atoms with Gasteiger partial charge in [-0.2, -0.15) is 0 Å². The van der Waals surface area contributed by atoms with Crippen molar-refractivity contribution in [1.82, 2.24) is 19.9 Å². The van der Waals surface area contributed by atoms with Gasteiger partial charge in [0.1, 0.15) is 5.82 Å². The van der Waals surface area contributed by atoms with Crippen molar-refractivity contribution in [1.29, 1.82) is 0 Å². The maximum atomic E-state index is 13.8. The zero-order valence-electron chi connectivity index (χ0n) is 14.3. The van der Waals surface area contributed by atoms with E-state index >= 15 is 0 Å². The van der Waals surface area contributed by atoms with Gasteiger partial charge >= 0.3 is 6.03 Å². The Morgan fingerprint density at radius 3 is 2.88 bits per heavy atom. The van der Waals surface area contributed by atoms with Crippen molar-refractivity contribution >= 4 is 11.8 Å². The number of anilines is 1. The van der Waals surface area contributed by atoms with Gasteiger partial charge in [-0.25, -0.2) is 13.9 Å². The smallest absolute Gasteiger partial charge is 0.322 e. The summed E-state index contributed by atoms with van der Waals surface area (Å²) in [5.74, 6) is 0.324. The minimum Gasteiger partial charge on any atom is -0.391 e. The van der Waals surface area contributed by atoms with Crippen LogP contribution in [-0.4, -0.2) is 50.7 Å². The van der Waals surface area contributed by atoms with Crippen molar-refractivity contribution in [2.75, 3.05) is 18.9 Å². The molecule has 134 valence electrons. The number of rotatable bonds is 6. The molecule has 2 aromatic rings. The lowest BCUT2D eigenvalue weighted by Crippen LogP contribution is -2.38. The molecule has 1 heterocycles. The van der Waals surface area contributed by atoms with Crippen molar-refractivity contribution < 1.29 is 14.3 Å². The molecule has 0 bridgehead atoms. The number of halogens is 1. The first-order valence-corrected chi connectivity index (χ1v) is 8.29. The molecule has 1 aliphatic carbocycles. The number of hydrogen-bond acceptors (Lipinski definition) is 4. The number of amides is 2. The number of nitrogens with zero attached hydrogens (tertiary/aromatic N) is 4. The molecule has 1 fully saturated rings. The summed E-state index contributed by atoms with van der Waals surface area (Å²) in [5, 5.41) is 20.6. The summed E-state index contributed by atoms with van der Waals surface area (Å²) < 4.78 is 15.3. The lowest BCUT2D eigenvalue weighted by molar-refractivity contribution is 0.117. The predicted molar refractivity (Wildman–Crippen MR) is 90.6 cm³/mol. The molecule has 25 heavy (non-hydrogen) atoms. The number of aliphatic hydroxyl groups is 1. The lowest BCUT2D eigenvalue weighted by atomic mass is 10.2. The Balaban J connectivity index is 1.62. The molecule has 1 unspecified atom stereocenters. The molecule has 0 spiro atoms. The molecule has 2 amide bonds. The van der Waals surface area contributed by atoms with Crippen LogP contribution >= 0.6 is 0 Å². The van der Waals surface area contributed by atoms with E-state index in [0.29, 0.717) is 23.0 Å². The summed E-state index contributed by atoms with van der Waals surface area (Å²) >= 11 is 0. The van der Waals surface area contributed by atoms with Crippen molar-refractivity contribution in [3.63, 3.8) is 0 Å². The summed E-state index contributed by atoms with van der Waals surface area (Å²) in [6.45, 7) is 2.27. The molecule has 7 nitrogen and oxygen atoms in total. The second-order valence-corrected chi connectivity index (χ2v) is 6.49. The van der Waals surface area contributed by atoms with Crippen LogP contribution in [0.4, 0.5) is 15.0 Å². The molecule has 8 heteroatoms. The standard InChI is InChI=1S/C17H22FN5O2/c1-11-16(19-17(25)22(2)10-15(24)12-7-8-12)20-21-23(11)9-13-5-3-4-6-14(13)18/h3-6,12,15,24H,7-10H2,1-2H3,(H,19,25). The SMILES string of the molecule is Cc1c(NC(=O)N(C)CC(O)C2CC2)nnn1Cc1ccccc1F. The highest BCUT2D eigenvalue weighted by atomic mass is 19.1. The van der Waals surface area contributed by atoms with E-state index in [4.69, 9.17) is 0 Å². The molecule has 1 aromatic heterocycles. The quantitative estimate of drug-likeness (QED) is 0.837. The van der Waals surface area contributed by atoms with Gasteiger partial charge in [0.25, 0.3) is 0 Å². The number of urea groups is 1. The first-order chi connectivity index (χ1) is 12.0. The molecule has 0 saturated heterocycles. The number of benzene rings is 1. The highest BCUT2D eigenvalue weighted by Gasteiger charge is 2.31. The molecular formula is C17H22FN5O2. The van der Waals surface area contributed by atoms with Crippen LogP contribution in [0.25, 0.3) is 0 Å². The van der Waals surface area contributed by atoms with E-state index in [-0.39, 0.29) is 24.9 Å². The van der Waals surface area contributed by atoms with Crippen molar-refractivity contribution in [3.05, 3.63) is 41.3 Å². The van der Waals surface area contributed by atoms with Gasteiger partial charge in [-0.05, 0) is 31.7 Å². The minimum atomic E-state index is -0.492. The van der Waals surface area contributed by atoms with Gasteiger partial charge in [0, 0.05) is 19.2 Å². The molecule has 1 atom stereocenters. The second kappa shape index (κ2) is 7.18. The molecule has 1 saturated carbocycles. The van der Waals surface area contributed by atoms with Gasteiger partial charge < -0.3 is 10.0 Å². The third kappa shape index (κ3) is 4.14. The van der Waals surface area contributed by atoms with E-state index in [9.17, 15) is 14.3 Å². The lowest BCUT2D eigenvalue weighted by Gasteiger charge is -2.20. The van der Waals surface area contributed by atoms with Crippen LogP contribution in [0.5, 0.6) is 0 Å². The largest absolute Gasteiger partial charge is 0.391 e. The van der Waals surface area contributed by atoms with Crippen LogP contribution in [0.3, 0.4) is 0 Å². The van der Waals surface area contributed by atoms with Crippen molar-refractivity contribution in [3.8, 4) is 0 Å². The third-order valence-electron chi connectivity index (χ3n) is 4.46. The number of aliphatic hydroxyl groups excluding tert-OH is 1. The molecule has 0 radical (unpaired) electrons. The molecule has 2 N–H and O–H groups in total. The van der Waals surface area contributed by atoms with Gasteiger partial charge in [0.05, 0.1) is 18.3 Å². The van der Waals surface area contributed by atoms with E-state index in [1.54, 1.807) is 32.2 Å². The highest BCUT2D eigenvalue weighted by molar-refractivity contribution is 5.88. The summed E-state index contributed by atoms with van der Waals surface area (Å²) in [5.41, 5.74) is 1.13. The normalized spacial score (nSPS) is 15.0. The van der Waals surface area contributed by atoms with Crippen LogP contribution in [-0.2, 0) is 6.54 Å². The average molecular weight is 347 g/mol. The molecule has 0 aliphatic heterocycles. The maximum Gasteiger partial charge on any atom is 0.322 e. The Hall–Kier alpha value is -2.48. The number of nitrogens with one attached hydrogen (secondary N) is 1. The average Bonchev–Trinajstić information content (AvgIpc) is 3.38. The van der Waals surface area contributed by atoms with E-state index in [1.807, 2.05) is 0 Å². The molecule has 1 aromatic carbocycles. The molecular weight excluding hydrogens is 325 g/mol. The van der Waals surface area contributed by atoms with Crippen LogP contribution in [0.2, 0.25) is 0 Å². The highest BCUT2D eigenvalue weighted by Crippen LogP contribution is 2.32. The molecule has 3 rings (SSSR count). The minimum absolute atomic E-state index is 0.234. The van der Waals surface area contributed by atoms with Crippen molar-refractivity contribution in [2.24, 2.45) is 5.92 Å². The fourth-order valence-corrected chi connectivity index (χ4v) is 2.60. The fraction of sp³-hybridized carbons (Fsp3) is 0.471. The monoisotopic (exact) mass is 347 g/mol. The van der Waals surface area contributed by atoms with Crippen molar-refractivity contribution in [2.45, 2.75) is 32.4 Å². The van der Waals surface area contributed by atoms with E-state index in [1.165, 1.54) is 15.6 Å². The summed E-state index contributed by atoms with van der Waals surface area (Å²) in [7, 11) is 1.63. The van der Waals surface area contributed by atoms with Crippen LogP contribution in [0.1, 0.15) is 24.1 Å². The zero-order chi connectivity index (χ0) is 18.0. The van der Waals surface area contributed by atoms with Crippen LogP contribution in [0.15, 0.2) is 24.3 Å². The Bertz CT molecular complexity index is 759. The Morgan fingerprint density at radius 1 is 1.48 bits per heavy atom. The fourth-order valence-electron chi connectivity index (χ4n) is 2.60. The van der Waals surface area contributed by atoms with Gasteiger partial charge in [-0.15, -0.1) is 5.10 Å². The molecule has 1 aliphatic rings. The number of likely N-dealkylation sites (N-methyl/N-ethyl adjacent to an activating group) is 1. The second-order valence-electron chi connectivity index (χ2n) is 6.49. The van der Waals surface area contributed by atoms with E-state index < -0.39 is 6.10 Å². The van der Waals surface area contributed by atoms with E-state index in [2.05, 4.69) is 15.6 Å². The van der Waals surface area contributed by atoms with Crippen LogP contribution in [0, 0.1) is 18.7 Å². The summed E-state index contributed by atoms with van der Waals surface area (Å²) in [6.07, 6.45) is 1.54. The van der Waals surface area contributed by atoms with Gasteiger partial charge in [-0.1, -0.05) is 23.4 Å². The summed E-state index contributed by atoms with van der Waals surface area (Å²) in [4.78, 5) is 13.7. The first-order valence-electron chi connectivity index (χ1n) is 8.29. The number of hydrogen-bond donors (Lipinski definition) is 2. The number of carbonyl (C=O) groups is 1. The Morgan fingerprint density at radius 2 is 2.20 bits per heavy atom. The van der Waals surface area contributed by atoms with Crippen LogP contribution < -0.4 is 5.32 Å². The maximum absolute atomic E-state index is 13.8. The zero-order valence-corrected chi connectivity index (χ0v) is 14.3. The summed E-state index contributed by atoms with van der Waals surface area (Å²) in [6, 6.07) is 6.10. The predicted octanol–water partition coefficient (Wildman–Crippen LogP) is 2.01.